The van der Waals surface area contributed by atoms with Crippen LogP contribution in [0.2, 0.25) is 0 Å². The molecule has 6 heteroatoms. The number of nitrogens with zero attached hydrogens (tertiary/aromatic N) is 1. The van der Waals surface area contributed by atoms with E-state index in [4.69, 9.17) is 4.74 Å². The van der Waals surface area contributed by atoms with E-state index < -0.39 is 18.0 Å². The predicted octanol–water partition coefficient (Wildman–Crippen LogP) is 1.78. The van der Waals surface area contributed by atoms with E-state index in [1.54, 1.807) is 19.2 Å². The summed E-state index contributed by atoms with van der Waals surface area (Å²) in [5.41, 5.74) is 0.562. The normalized spacial score (nSPS) is 25.7. The molecule has 1 aromatic carbocycles. The Morgan fingerprint density at radius 3 is 2.78 bits per heavy atom. The summed E-state index contributed by atoms with van der Waals surface area (Å²) in [4.78, 5) is 26.0. The summed E-state index contributed by atoms with van der Waals surface area (Å²) in [5, 5.41) is 3.00. The third-order valence-corrected chi connectivity index (χ3v) is 4.63. The summed E-state index contributed by atoms with van der Waals surface area (Å²) in [5.74, 6) is -0.849. The molecule has 1 saturated carbocycles. The van der Waals surface area contributed by atoms with Gasteiger partial charge in [-0.05, 0) is 30.5 Å². The van der Waals surface area contributed by atoms with E-state index in [0.717, 1.165) is 25.7 Å². The third kappa shape index (κ3) is 3.37. The molecule has 3 rings (SSSR count). The van der Waals surface area contributed by atoms with Gasteiger partial charge in [-0.2, -0.15) is 0 Å². The number of ether oxygens (including phenoxy) is 1. The molecule has 2 amide bonds. The minimum Gasteiger partial charge on any atom is -0.356 e. The van der Waals surface area contributed by atoms with Crippen molar-refractivity contribution in [1.82, 2.24) is 10.2 Å². The minimum atomic E-state index is -0.819. The zero-order valence-corrected chi connectivity index (χ0v) is 13.1. The Morgan fingerprint density at radius 1 is 1.35 bits per heavy atom. The molecule has 2 aliphatic rings. The Balaban J connectivity index is 1.83. The SMILES string of the molecule is CN1C(=O)CO[C@H](C(=O)NC2CCCC2)[C@H]1c1cccc(F)c1. The monoisotopic (exact) mass is 320 g/mol. The number of hydrogen-bond acceptors (Lipinski definition) is 3. The predicted molar refractivity (Wildman–Crippen MR) is 82.0 cm³/mol. The smallest absolute Gasteiger partial charge is 0.251 e. The highest BCUT2D eigenvalue weighted by Crippen LogP contribution is 2.30. The third-order valence-electron chi connectivity index (χ3n) is 4.63. The van der Waals surface area contributed by atoms with Crippen LogP contribution in [0.1, 0.15) is 37.3 Å². The van der Waals surface area contributed by atoms with E-state index in [0.29, 0.717) is 5.56 Å². The van der Waals surface area contributed by atoms with Crippen LogP contribution in [0.5, 0.6) is 0 Å². The second kappa shape index (κ2) is 6.66. The van der Waals surface area contributed by atoms with Gasteiger partial charge in [0, 0.05) is 13.1 Å². The zero-order valence-electron chi connectivity index (χ0n) is 13.1. The summed E-state index contributed by atoms with van der Waals surface area (Å²) >= 11 is 0. The van der Waals surface area contributed by atoms with E-state index in [1.165, 1.54) is 17.0 Å². The molecule has 1 aliphatic heterocycles. The van der Waals surface area contributed by atoms with Crippen molar-refractivity contribution in [3.05, 3.63) is 35.6 Å². The van der Waals surface area contributed by atoms with Gasteiger partial charge in [0.2, 0.25) is 5.91 Å². The van der Waals surface area contributed by atoms with Crippen LogP contribution in [0.25, 0.3) is 0 Å². The largest absolute Gasteiger partial charge is 0.356 e. The van der Waals surface area contributed by atoms with Gasteiger partial charge in [-0.3, -0.25) is 9.59 Å². The van der Waals surface area contributed by atoms with Crippen LogP contribution >= 0.6 is 0 Å². The molecular formula is C17H21FN2O3. The summed E-state index contributed by atoms with van der Waals surface area (Å²) in [6.45, 7) is -0.134. The van der Waals surface area contributed by atoms with Crippen LogP contribution < -0.4 is 5.32 Å². The van der Waals surface area contributed by atoms with Gasteiger partial charge < -0.3 is 15.0 Å². The Morgan fingerprint density at radius 2 is 2.09 bits per heavy atom. The van der Waals surface area contributed by atoms with Gasteiger partial charge >= 0.3 is 0 Å². The highest BCUT2D eigenvalue weighted by atomic mass is 19.1. The number of carbonyl (C=O) groups is 2. The van der Waals surface area contributed by atoms with Gasteiger partial charge in [0.15, 0.2) is 6.10 Å². The molecule has 0 radical (unpaired) electrons. The molecule has 1 aromatic rings. The van der Waals surface area contributed by atoms with Crippen molar-refractivity contribution in [2.45, 2.75) is 43.9 Å². The van der Waals surface area contributed by atoms with E-state index >= 15 is 0 Å². The zero-order chi connectivity index (χ0) is 16.4. The molecule has 1 saturated heterocycles. The van der Waals surface area contributed by atoms with Gasteiger partial charge in [-0.1, -0.05) is 25.0 Å². The molecule has 1 N–H and O–H groups in total. The number of rotatable bonds is 3. The number of halogens is 1. The van der Waals surface area contributed by atoms with Crippen molar-refractivity contribution in [2.75, 3.05) is 13.7 Å². The van der Waals surface area contributed by atoms with Gasteiger partial charge in [-0.15, -0.1) is 0 Å². The lowest BCUT2D eigenvalue weighted by Crippen LogP contribution is -2.54. The standard InChI is InChI=1S/C17H21FN2O3/c1-20-14(21)10-23-16(17(22)19-13-7-2-3-8-13)15(20)11-5-4-6-12(18)9-11/h4-6,9,13,15-16H,2-3,7-8,10H2,1H3,(H,19,22)/t15-,16+/m1/s1. The van der Waals surface area contributed by atoms with E-state index in [-0.39, 0.29) is 24.5 Å². The van der Waals surface area contributed by atoms with Crippen LogP contribution in [0.3, 0.4) is 0 Å². The number of amides is 2. The Hall–Kier alpha value is -1.95. The van der Waals surface area contributed by atoms with Crippen LogP contribution in [0, 0.1) is 5.82 Å². The Bertz CT molecular complexity index is 601. The Kier molecular flexibility index (Phi) is 4.61. The molecule has 0 bridgehead atoms. The van der Waals surface area contributed by atoms with E-state index in [9.17, 15) is 14.0 Å². The van der Waals surface area contributed by atoms with Crippen molar-refractivity contribution in [3.8, 4) is 0 Å². The average molecular weight is 320 g/mol. The van der Waals surface area contributed by atoms with Crippen LogP contribution in [0.4, 0.5) is 4.39 Å². The van der Waals surface area contributed by atoms with Crippen LogP contribution in [0.15, 0.2) is 24.3 Å². The quantitative estimate of drug-likeness (QED) is 0.923. The molecule has 124 valence electrons. The first-order chi connectivity index (χ1) is 11.1. The van der Waals surface area contributed by atoms with Crippen molar-refractivity contribution in [1.29, 1.82) is 0 Å². The van der Waals surface area contributed by atoms with Gasteiger partial charge in [0.05, 0.1) is 6.04 Å². The molecule has 0 aromatic heterocycles. The number of likely N-dealkylation sites (N-methyl/N-ethyl adjacent to an activating group) is 1. The number of hydrogen-bond donors (Lipinski definition) is 1. The molecule has 1 heterocycles. The summed E-state index contributed by atoms with van der Waals surface area (Å²) < 4.78 is 19.1. The minimum absolute atomic E-state index is 0.134. The van der Waals surface area contributed by atoms with Gasteiger partial charge in [-0.25, -0.2) is 4.39 Å². The maximum Gasteiger partial charge on any atom is 0.251 e. The number of morpholine rings is 1. The molecule has 23 heavy (non-hydrogen) atoms. The first-order valence-corrected chi connectivity index (χ1v) is 7.99. The van der Waals surface area contributed by atoms with Crippen LogP contribution in [-0.2, 0) is 14.3 Å². The van der Waals surface area contributed by atoms with Crippen molar-refractivity contribution in [3.63, 3.8) is 0 Å². The second-order valence-corrected chi connectivity index (χ2v) is 6.23. The fourth-order valence-electron chi connectivity index (χ4n) is 3.37. The highest BCUT2D eigenvalue weighted by molar-refractivity contribution is 5.86. The maximum atomic E-state index is 13.6. The summed E-state index contributed by atoms with van der Waals surface area (Å²) in [7, 11) is 1.62. The molecule has 0 spiro atoms. The Labute approximate surface area is 134 Å². The van der Waals surface area contributed by atoms with Crippen molar-refractivity contribution < 1.29 is 18.7 Å². The summed E-state index contributed by atoms with van der Waals surface area (Å²) in [6.07, 6.45) is 3.35. The summed E-state index contributed by atoms with van der Waals surface area (Å²) in [6, 6.07) is 5.52. The second-order valence-electron chi connectivity index (χ2n) is 6.23. The molecule has 2 fully saturated rings. The fraction of sp³-hybridized carbons (Fsp3) is 0.529. The van der Waals surface area contributed by atoms with Crippen molar-refractivity contribution >= 4 is 11.8 Å². The molecule has 1 aliphatic carbocycles. The first kappa shape index (κ1) is 15.9. The number of benzene rings is 1. The number of carbonyl (C=O) groups excluding carboxylic acids is 2. The topological polar surface area (TPSA) is 58.6 Å². The molecular weight excluding hydrogens is 299 g/mol. The van der Waals surface area contributed by atoms with E-state index in [1.807, 2.05) is 0 Å². The maximum absolute atomic E-state index is 13.6. The molecule has 5 nitrogen and oxygen atoms in total. The fourth-order valence-corrected chi connectivity index (χ4v) is 3.37. The van der Waals surface area contributed by atoms with Gasteiger partial charge in [0.1, 0.15) is 12.4 Å². The lowest BCUT2D eigenvalue weighted by Gasteiger charge is -2.38. The highest BCUT2D eigenvalue weighted by Gasteiger charge is 2.40. The van der Waals surface area contributed by atoms with Crippen molar-refractivity contribution in [2.24, 2.45) is 0 Å². The van der Waals surface area contributed by atoms with Crippen LogP contribution in [-0.4, -0.2) is 42.5 Å². The lowest BCUT2D eigenvalue weighted by molar-refractivity contribution is -0.162. The molecule has 0 unspecified atom stereocenters. The van der Waals surface area contributed by atoms with E-state index in [2.05, 4.69) is 5.32 Å². The van der Waals surface area contributed by atoms with Gasteiger partial charge in [0.25, 0.3) is 5.91 Å². The molecule has 2 atom stereocenters. The first-order valence-electron chi connectivity index (χ1n) is 7.99. The lowest BCUT2D eigenvalue weighted by atomic mass is 9.97. The average Bonchev–Trinajstić information content (AvgIpc) is 3.02. The number of nitrogens with one attached hydrogen (secondary N) is 1.